The van der Waals surface area contributed by atoms with Crippen molar-refractivity contribution in [3.63, 3.8) is 0 Å². The Hall–Kier alpha value is -2.01. The average Bonchev–Trinajstić information content (AvgIpc) is 2.68. The topological polar surface area (TPSA) is 89.0 Å². The van der Waals surface area contributed by atoms with Crippen LogP contribution in [-0.4, -0.2) is 47.4 Å². The molecule has 0 heterocycles. The van der Waals surface area contributed by atoms with E-state index in [0.29, 0.717) is 35.4 Å². The highest BCUT2D eigenvalue weighted by Gasteiger charge is 2.10. The van der Waals surface area contributed by atoms with Gasteiger partial charge in [0.1, 0.15) is 6.10 Å². The van der Waals surface area contributed by atoms with Crippen LogP contribution >= 0.6 is 24.0 Å². The number of aliphatic imine (C=N–C) groups is 1. The fourth-order valence-electron chi connectivity index (χ4n) is 2.48. The van der Waals surface area contributed by atoms with Gasteiger partial charge < -0.3 is 20.1 Å². The number of sulfone groups is 1. The number of methoxy groups -OCH3 is 1. The van der Waals surface area contributed by atoms with E-state index in [9.17, 15) is 8.42 Å². The molecule has 0 saturated carbocycles. The third kappa shape index (κ3) is 8.09. The van der Waals surface area contributed by atoms with Gasteiger partial charge in [0.25, 0.3) is 0 Å². The third-order valence-corrected chi connectivity index (χ3v) is 5.12. The zero-order chi connectivity index (χ0) is 20.6. The maximum atomic E-state index is 11.5. The molecule has 9 heteroatoms. The van der Waals surface area contributed by atoms with Crippen LogP contribution in [0.1, 0.15) is 12.5 Å². The van der Waals surface area contributed by atoms with Gasteiger partial charge in [-0.1, -0.05) is 24.3 Å². The highest BCUT2D eigenvalue weighted by molar-refractivity contribution is 14.0. The van der Waals surface area contributed by atoms with Crippen molar-refractivity contribution in [1.29, 1.82) is 0 Å². The van der Waals surface area contributed by atoms with E-state index in [4.69, 9.17) is 9.47 Å². The summed E-state index contributed by atoms with van der Waals surface area (Å²) in [5.41, 5.74) is 0.952. The van der Waals surface area contributed by atoms with Crippen LogP contribution in [0.4, 0.5) is 0 Å². The molecule has 1 unspecified atom stereocenters. The number of nitrogens with zero attached hydrogens (tertiary/aromatic N) is 1. The van der Waals surface area contributed by atoms with E-state index in [1.54, 1.807) is 38.4 Å². The molecule has 0 saturated heterocycles. The summed E-state index contributed by atoms with van der Waals surface area (Å²) in [7, 11) is 0.115. The lowest BCUT2D eigenvalue weighted by Crippen LogP contribution is -2.41. The predicted molar refractivity (Wildman–Crippen MR) is 126 cm³/mol. The second kappa shape index (κ2) is 11.9. The Morgan fingerprint density at radius 3 is 2.24 bits per heavy atom. The SMILES string of the molecule is CN=C(NCc1ccc(S(C)(=O)=O)cc1)NCC(C)Oc1ccccc1OC.I. The molecule has 0 amide bonds. The molecule has 0 fully saturated rings. The van der Waals surface area contributed by atoms with E-state index >= 15 is 0 Å². The minimum absolute atomic E-state index is 0. The first-order valence-electron chi connectivity index (χ1n) is 8.86. The monoisotopic (exact) mass is 533 g/mol. The van der Waals surface area contributed by atoms with Gasteiger partial charge >= 0.3 is 0 Å². The smallest absolute Gasteiger partial charge is 0.191 e. The molecule has 160 valence electrons. The van der Waals surface area contributed by atoms with Crippen molar-refractivity contribution in [1.82, 2.24) is 10.6 Å². The number of nitrogens with one attached hydrogen (secondary N) is 2. The van der Waals surface area contributed by atoms with Crippen molar-refractivity contribution < 1.29 is 17.9 Å². The Kier molecular flexibility index (Phi) is 10.2. The molecule has 29 heavy (non-hydrogen) atoms. The number of halogens is 1. The molecule has 1 atom stereocenters. The summed E-state index contributed by atoms with van der Waals surface area (Å²) in [5, 5.41) is 6.40. The van der Waals surface area contributed by atoms with Gasteiger partial charge in [-0.05, 0) is 36.8 Å². The molecule has 0 bridgehead atoms. The first kappa shape index (κ1) is 25.0. The summed E-state index contributed by atoms with van der Waals surface area (Å²) < 4.78 is 34.2. The van der Waals surface area contributed by atoms with Crippen LogP contribution < -0.4 is 20.1 Å². The van der Waals surface area contributed by atoms with Gasteiger partial charge in [-0.15, -0.1) is 24.0 Å². The van der Waals surface area contributed by atoms with Crippen LogP contribution in [0.25, 0.3) is 0 Å². The lowest BCUT2D eigenvalue weighted by atomic mass is 10.2. The van der Waals surface area contributed by atoms with E-state index in [1.807, 2.05) is 31.2 Å². The maximum Gasteiger partial charge on any atom is 0.191 e. The third-order valence-electron chi connectivity index (χ3n) is 3.99. The second-order valence-corrected chi connectivity index (χ2v) is 8.32. The van der Waals surface area contributed by atoms with E-state index < -0.39 is 9.84 Å². The van der Waals surface area contributed by atoms with E-state index in [2.05, 4.69) is 15.6 Å². The van der Waals surface area contributed by atoms with Gasteiger partial charge in [0.15, 0.2) is 27.3 Å². The molecule has 0 radical (unpaired) electrons. The van der Waals surface area contributed by atoms with Crippen LogP contribution in [0, 0.1) is 0 Å². The van der Waals surface area contributed by atoms with Crippen LogP contribution in [-0.2, 0) is 16.4 Å². The van der Waals surface area contributed by atoms with Crippen molar-refractivity contribution >= 4 is 39.8 Å². The molecule has 2 aromatic rings. The van der Waals surface area contributed by atoms with Crippen molar-refractivity contribution in [2.75, 3.05) is 27.0 Å². The Morgan fingerprint density at radius 2 is 1.69 bits per heavy atom. The van der Waals surface area contributed by atoms with Gasteiger partial charge in [0.05, 0.1) is 18.6 Å². The Labute approximate surface area is 189 Å². The molecular formula is C20H28IN3O4S. The fourth-order valence-corrected chi connectivity index (χ4v) is 3.11. The summed E-state index contributed by atoms with van der Waals surface area (Å²) in [6, 6.07) is 14.3. The first-order valence-corrected chi connectivity index (χ1v) is 10.8. The predicted octanol–water partition coefficient (Wildman–Crippen LogP) is 2.85. The molecule has 2 N–H and O–H groups in total. The van der Waals surface area contributed by atoms with E-state index in [1.165, 1.54) is 6.26 Å². The zero-order valence-electron chi connectivity index (χ0n) is 17.0. The molecule has 0 aliphatic heterocycles. The van der Waals surface area contributed by atoms with Gasteiger partial charge in [-0.25, -0.2) is 8.42 Å². The van der Waals surface area contributed by atoms with E-state index in [-0.39, 0.29) is 30.1 Å². The summed E-state index contributed by atoms with van der Waals surface area (Å²) in [6.07, 6.45) is 1.09. The number of hydrogen-bond donors (Lipinski definition) is 2. The second-order valence-electron chi connectivity index (χ2n) is 6.30. The molecule has 0 aliphatic carbocycles. The lowest BCUT2D eigenvalue weighted by Gasteiger charge is -2.19. The van der Waals surface area contributed by atoms with Crippen LogP contribution in [0.2, 0.25) is 0 Å². The Bertz CT molecular complexity index is 902. The number of para-hydroxylation sites is 2. The molecule has 0 spiro atoms. The highest BCUT2D eigenvalue weighted by atomic mass is 127. The molecular weight excluding hydrogens is 505 g/mol. The molecule has 0 aromatic heterocycles. The number of ether oxygens (including phenoxy) is 2. The van der Waals surface area contributed by atoms with Gasteiger partial charge in [-0.2, -0.15) is 0 Å². The van der Waals surface area contributed by atoms with Crippen molar-refractivity contribution in [2.45, 2.75) is 24.5 Å². The first-order chi connectivity index (χ1) is 13.3. The van der Waals surface area contributed by atoms with Crippen LogP contribution in [0.15, 0.2) is 58.4 Å². The zero-order valence-corrected chi connectivity index (χ0v) is 20.2. The van der Waals surface area contributed by atoms with Gasteiger partial charge in [0.2, 0.25) is 0 Å². The number of rotatable bonds is 8. The molecule has 0 aliphatic rings. The fraction of sp³-hybridized carbons (Fsp3) is 0.350. The average molecular weight is 533 g/mol. The summed E-state index contributed by atoms with van der Waals surface area (Å²) in [4.78, 5) is 4.50. The van der Waals surface area contributed by atoms with Gasteiger partial charge in [-0.3, -0.25) is 4.99 Å². The van der Waals surface area contributed by atoms with Crippen molar-refractivity contribution in [3.8, 4) is 11.5 Å². The van der Waals surface area contributed by atoms with Crippen LogP contribution in [0.3, 0.4) is 0 Å². The molecule has 7 nitrogen and oxygen atoms in total. The molecule has 2 aromatic carbocycles. The Morgan fingerprint density at radius 1 is 1.07 bits per heavy atom. The minimum Gasteiger partial charge on any atom is -0.493 e. The largest absolute Gasteiger partial charge is 0.493 e. The van der Waals surface area contributed by atoms with Crippen molar-refractivity contribution in [3.05, 3.63) is 54.1 Å². The summed E-state index contributed by atoms with van der Waals surface area (Å²) in [5.74, 6) is 2.00. The minimum atomic E-state index is -3.18. The van der Waals surface area contributed by atoms with Crippen molar-refractivity contribution in [2.24, 2.45) is 4.99 Å². The number of guanidine groups is 1. The van der Waals surface area contributed by atoms with E-state index in [0.717, 1.165) is 5.56 Å². The van der Waals surface area contributed by atoms with Crippen LogP contribution in [0.5, 0.6) is 11.5 Å². The standard InChI is InChI=1S/C20H27N3O4S.HI/c1-15(27-19-8-6-5-7-18(19)26-3)13-22-20(21-2)23-14-16-9-11-17(12-10-16)28(4,24)25;/h5-12,15H,13-14H2,1-4H3,(H2,21,22,23);1H. The number of benzene rings is 2. The number of hydrogen-bond acceptors (Lipinski definition) is 5. The van der Waals surface area contributed by atoms with Gasteiger partial charge in [0, 0.05) is 19.8 Å². The lowest BCUT2D eigenvalue weighted by molar-refractivity contribution is 0.213. The highest BCUT2D eigenvalue weighted by Crippen LogP contribution is 2.26. The molecule has 2 rings (SSSR count). The normalized spacial score (nSPS) is 12.5. The maximum absolute atomic E-state index is 11.5. The summed E-state index contributed by atoms with van der Waals surface area (Å²) >= 11 is 0. The summed E-state index contributed by atoms with van der Waals surface area (Å²) in [6.45, 7) is 3.02. The quantitative estimate of drug-likeness (QED) is 0.308. The Balaban J connectivity index is 0.00000420.